The van der Waals surface area contributed by atoms with E-state index in [0.717, 1.165) is 23.8 Å². The number of nitrogens with one attached hydrogen (secondary N) is 3. The van der Waals surface area contributed by atoms with E-state index in [1.54, 1.807) is 12.3 Å². The van der Waals surface area contributed by atoms with Crippen LogP contribution in [0, 0.1) is 12.7 Å². The lowest BCUT2D eigenvalue weighted by molar-refractivity contribution is 0.582. The maximum Gasteiger partial charge on any atom is 0.240 e. The van der Waals surface area contributed by atoms with Gasteiger partial charge in [0.05, 0.1) is 9.92 Å². The summed E-state index contributed by atoms with van der Waals surface area (Å²) >= 11 is 5.64. The van der Waals surface area contributed by atoms with E-state index in [1.807, 2.05) is 19.1 Å². The molecule has 2 aromatic heterocycles. The van der Waals surface area contributed by atoms with Crippen LogP contribution in [0.15, 0.2) is 53.8 Å². The predicted octanol–water partition coefficient (Wildman–Crippen LogP) is 3.11. The predicted molar refractivity (Wildman–Crippen MR) is 109 cm³/mol. The van der Waals surface area contributed by atoms with Crippen LogP contribution in [0.25, 0.3) is 0 Å². The van der Waals surface area contributed by atoms with Gasteiger partial charge in [0, 0.05) is 25.4 Å². The molecule has 3 rings (SSSR count). The van der Waals surface area contributed by atoms with E-state index in [2.05, 4.69) is 30.3 Å². The normalized spacial score (nSPS) is 11.3. The minimum absolute atomic E-state index is 0.0868. The number of benzene rings is 1. The highest BCUT2D eigenvalue weighted by molar-refractivity contribution is 7.89. The first-order valence-corrected chi connectivity index (χ1v) is 10.4. The number of hydrogen-bond donors (Lipinski definition) is 3. The summed E-state index contributed by atoms with van der Waals surface area (Å²) in [6, 6.07) is 8.67. The molecular weight excluding hydrogens is 419 g/mol. The summed E-state index contributed by atoms with van der Waals surface area (Å²) in [5, 5.41) is 5.82. The Kier molecular flexibility index (Phi) is 6.57. The first-order chi connectivity index (χ1) is 13.8. The van der Waals surface area contributed by atoms with E-state index >= 15 is 0 Å². The lowest BCUT2D eigenvalue weighted by atomic mass is 10.3. The van der Waals surface area contributed by atoms with Gasteiger partial charge in [0.2, 0.25) is 10.0 Å². The van der Waals surface area contributed by atoms with Crippen LogP contribution in [0.1, 0.15) is 5.56 Å². The number of hydrogen-bond acceptors (Lipinski definition) is 7. The zero-order valence-electron chi connectivity index (χ0n) is 15.4. The standard InChI is InChI=1S/C18H18ClFN6O2S/c1-12-4-5-21-17(8-12)26-18-10-16(23-11-24-18)22-6-7-25-29(27,28)13-2-3-15(20)14(19)9-13/h2-5,8-11,25H,6-7H2,1H3,(H2,21,22,23,24,26). The second kappa shape index (κ2) is 9.12. The van der Waals surface area contributed by atoms with Gasteiger partial charge < -0.3 is 10.6 Å². The average molecular weight is 437 g/mol. The summed E-state index contributed by atoms with van der Waals surface area (Å²) in [7, 11) is -3.80. The number of sulfonamides is 1. The molecule has 0 bridgehead atoms. The first kappa shape index (κ1) is 20.9. The van der Waals surface area contributed by atoms with Gasteiger partial charge in [0.15, 0.2) is 0 Å². The number of aryl methyl sites for hydroxylation is 1. The quantitative estimate of drug-likeness (QED) is 0.465. The molecule has 0 unspecified atom stereocenters. The van der Waals surface area contributed by atoms with Crippen LogP contribution in [0.2, 0.25) is 5.02 Å². The summed E-state index contributed by atoms with van der Waals surface area (Å²) in [5.41, 5.74) is 1.06. The van der Waals surface area contributed by atoms with Crippen LogP contribution in [-0.4, -0.2) is 36.5 Å². The molecule has 0 saturated heterocycles. The molecule has 0 radical (unpaired) electrons. The van der Waals surface area contributed by atoms with E-state index < -0.39 is 15.8 Å². The number of anilines is 3. The highest BCUT2D eigenvalue weighted by atomic mass is 35.5. The van der Waals surface area contributed by atoms with Crippen LogP contribution >= 0.6 is 11.6 Å². The third-order valence-corrected chi connectivity index (χ3v) is 5.51. The van der Waals surface area contributed by atoms with Crippen molar-refractivity contribution in [2.24, 2.45) is 0 Å². The van der Waals surface area contributed by atoms with Crippen LogP contribution in [0.3, 0.4) is 0 Å². The Morgan fingerprint density at radius 1 is 1.00 bits per heavy atom. The van der Waals surface area contributed by atoms with Gasteiger partial charge in [-0.15, -0.1) is 0 Å². The molecule has 11 heteroatoms. The molecule has 29 heavy (non-hydrogen) atoms. The fraction of sp³-hybridized carbons (Fsp3) is 0.167. The maximum atomic E-state index is 13.2. The Morgan fingerprint density at radius 3 is 2.52 bits per heavy atom. The fourth-order valence-corrected chi connectivity index (χ4v) is 3.66. The monoisotopic (exact) mass is 436 g/mol. The van der Waals surface area contributed by atoms with E-state index in [1.165, 1.54) is 6.33 Å². The Labute approximate surface area is 172 Å². The van der Waals surface area contributed by atoms with Gasteiger partial charge >= 0.3 is 0 Å². The molecule has 3 N–H and O–H groups in total. The first-order valence-electron chi connectivity index (χ1n) is 8.54. The van der Waals surface area contributed by atoms with Crippen molar-refractivity contribution in [3.8, 4) is 0 Å². The molecule has 0 aliphatic rings. The smallest absolute Gasteiger partial charge is 0.240 e. The molecule has 2 heterocycles. The minimum Gasteiger partial charge on any atom is -0.369 e. The Bertz CT molecular complexity index is 1110. The minimum atomic E-state index is -3.80. The molecule has 152 valence electrons. The van der Waals surface area contributed by atoms with E-state index in [-0.39, 0.29) is 23.0 Å². The summed E-state index contributed by atoms with van der Waals surface area (Å²) < 4.78 is 40.1. The summed E-state index contributed by atoms with van der Waals surface area (Å²) in [6.45, 7) is 2.32. The summed E-state index contributed by atoms with van der Waals surface area (Å²) in [5.74, 6) is 1.03. The lowest BCUT2D eigenvalue weighted by Crippen LogP contribution is -2.29. The third-order valence-electron chi connectivity index (χ3n) is 3.76. The van der Waals surface area contributed by atoms with E-state index in [4.69, 9.17) is 11.6 Å². The Morgan fingerprint density at radius 2 is 1.76 bits per heavy atom. The highest BCUT2D eigenvalue weighted by Crippen LogP contribution is 2.19. The van der Waals surface area contributed by atoms with Gasteiger partial charge in [-0.05, 0) is 42.8 Å². The second-order valence-electron chi connectivity index (χ2n) is 6.03. The van der Waals surface area contributed by atoms with Crippen molar-refractivity contribution in [1.29, 1.82) is 0 Å². The van der Waals surface area contributed by atoms with Crippen LogP contribution in [-0.2, 0) is 10.0 Å². The number of nitrogens with zero attached hydrogens (tertiary/aromatic N) is 3. The van der Waals surface area contributed by atoms with E-state index in [9.17, 15) is 12.8 Å². The molecule has 0 aliphatic heterocycles. The Balaban J connectivity index is 1.54. The molecule has 0 aliphatic carbocycles. The van der Waals surface area contributed by atoms with Crippen LogP contribution in [0.4, 0.5) is 21.8 Å². The lowest BCUT2D eigenvalue weighted by Gasteiger charge is -2.10. The SMILES string of the molecule is Cc1ccnc(Nc2cc(NCCNS(=O)(=O)c3ccc(F)c(Cl)c3)ncn2)c1. The Hall–Kier alpha value is -2.82. The molecule has 8 nitrogen and oxygen atoms in total. The van der Waals surface area contributed by atoms with Gasteiger partial charge in [-0.25, -0.2) is 32.5 Å². The topological polar surface area (TPSA) is 109 Å². The summed E-state index contributed by atoms with van der Waals surface area (Å²) in [6.07, 6.45) is 3.07. The van der Waals surface area contributed by atoms with Gasteiger partial charge in [0.25, 0.3) is 0 Å². The number of rotatable bonds is 8. The van der Waals surface area contributed by atoms with Gasteiger partial charge in [-0.1, -0.05) is 11.6 Å². The number of aromatic nitrogens is 3. The maximum absolute atomic E-state index is 13.2. The molecule has 3 aromatic rings. The largest absolute Gasteiger partial charge is 0.369 e. The molecular formula is C18H18ClFN6O2S. The molecule has 0 spiro atoms. The van der Waals surface area contributed by atoms with Crippen molar-refractivity contribution in [2.75, 3.05) is 23.7 Å². The van der Waals surface area contributed by atoms with Gasteiger partial charge in [-0.3, -0.25) is 0 Å². The highest BCUT2D eigenvalue weighted by Gasteiger charge is 2.15. The fourth-order valence-electron chi connectivity index (χ4n) is 2.36. The van der Waals surface area contributed by atoms with Crippen molar-refractivity contribution in [2.45, 2.75) is 11.8 Å². The van der Waals surface area contributed by atoms with Crippen molar-refractivity contribution < 1.29 is 12.8 Å². The van der Waals surface area contributed by atoms with Crippen molar-refractivity contribution in [1.82, 2.24) is 19.7 Å². The molecule has 0 fully saturated rings. The van der Waals surface area contributed by atoms with E-state index in [0.29, 0.717) is 17.5 Å². The molecule has 0 saturated carbocycles. The van der Waals surface area contributed by atoms with Crippen LogP contribution in [0.5, 0.6) is 0 Å². The third kappa shape index (κ3) is 5.83. The van der Waals surface area contributed by atoms with Crippen molar-refractivity contribution in [3.63, 3.8) is 0 Å². The molecule has 1 aromatic carbocycles. The molecule has 0 amide bonds. The number of halogens is 2. The zero-order valence-corrected chi connectivity index (χ0v) is 16.9. The van der Waals surface area contributed by atoms with Crippen molar-refractivity contribution in [3.05, 3.63) is 65.3 Å². The van der Waals surface area contributed by atoms with Crippen LogP contribution < -0.4 is 15.4 Å². The number of pyridine rings is 1. The van der Waals surface area contributed by atoms with Gasteiger partial charge in [-0.2, -0.15) is 0 Å². The van der Waals surface area contributed by atoms with Gasteiger partial charge in [0.1, 0.15) is 29.6 Å². The average Bonchev–Trinajstić information content (AvgIpc) is 2.68. The van der Waals surface area contributed by atoms with Crippen molar-refractivity contribution >= 4 is 39.1 Å². The second-order valence-corrected chi connectivity index (χ2v) is 8.21. The molecule has 0 atom stereocenters. The zero-order chi connectivity index (χ0) is 20.9. The summed E-state index contributed by atoms with van der Waals surface area (Å²) in [4.78, 5) is 12.3.